The minimum absolute atomic E-state index is 0.119. The van der Waals surface area contributed by atoms with E-state index in [0.29, 0.717) is 29.3 Å². The minimum Gasteiger partial charge on any atom is -0.383 e. The van der Waals surface area contributed by atoms with Crippen molar-refractivity contribution in [1.82, 2.24) is 45.4 Å². The van der Waals surface area contributed by atoms with E-state index in [0.717, 1.165) is 28.5 Å². The fourth-order valence-corrected chi connectivity index (χ4v) is 5.43. The second-order valence-electron chi connectivity index (χ2n) is 10.2. The summed E-state index contributed by atoms with van der Waals surface area (Å²) in [6.45, 7) is 1.93. The average Bonchev–Trinajstić information content (AvgIpc) is 3.71. The first kappa shape index (κ1) is 25.4. The molecule has 1 amide bonds. The zero-order chi connectivity index (χ0) is 28.8. The molecule has 0 aliphatic carbocycles. The maximum absolute atomic E-state index is 14.4. The molecule has 1 aliphatic rings. The number of nitrogens with one attached hydrogen (secondary N) is 2. The van der Waals surface area contributed by atoms with Crippen molar-refractivity contribution in [3.63, 3.8) is 0 Å². The van der Waals surface area contributed by atoms with Crippen molar-refractivity contribution in [2.75, 3.05) is 11.1 Å². The van der Waals surface area contributed by atoms with Crippen LogP contribution in [-0.4, -0.2) is 51.3 Å². The van der Waals surface area contributed by atoms with Gasteiger partial charge in [-0.05, 0) is 42.7 Å². The molecule has 1 atom stereocenters. The van der Waals surface area contributed by atoms with Gasteiger partial charge in [0.2, 0.25) is 5.91 Å². The Balaban J connectivity index is 1.24. The first-order valence-electron chi connectivity index (χ1n) is 13.3. The third kappa shape index (κ3) is 4.13. The Morgan fingerprint density at radius 3 is 2.64 bits per heavy atom. The molecular weight excluding hydrogens is 537 g/mol. The minimum atomic E-state index is -1.10. The summed E-state index contributed by atoms with van der Waals surface area (Å²) < 4.78 is 16.0. The van der Waals surface area contributed by atoms with E-state index < -0.39 is 11.2 Å². The molecular formula is C29H24FN11O. The second-order valence-corrected chi connectivity index (χ2v) is 10.2. The van der Waals surface area contributed by atoms with Crippen LogP contribution in [0.2, 0.25) is 0 Å². The molecule has 208 valence electrons. The van der Waals surface area contributed by atoms with Crippen molar-refractivity contribution in [1.29, 1.82) is 0 Å². The highest BCUT2D eigenvalue weighted by atomic mass is 19.1. The number of amides is 1. The lowest BCUT2D eigenvalue weighted by atomic mass is 9.77. The maximum Gasteiger partial charge on any atom is 0.240 e. The fourth-order valence-electron chi connectivity index (χ4n) is 5.43. The molecule has 12 nitrogen and oxygen atoms in total. The largest absolute Gasteiger partial charge is 0.383 e. The Bertz CT molecular complexity index is 1950. The van der Waals surface area contributed by atoms with Gasteiger partial charge in [0.15, 0.2) is 11.6 Å². The van der Waals surface area contributed by atoms with Crippen molar-refractivity contribution in [2.24, 2.45) is 0 Å². The molecule has 0 unspecified atom stereocenters. The number of pyridine rings is 1. The van der Waals surface area contributed by atoms with Gasteiger partial charge in [0, 0.05) is 18.0 Å². The molecule has 1 aliphatic heterocycles. The Labute approximate surface area is 238 Å². The van der Waals surface area contributed by atoms with E-state index in [1.165, 1.54) is 6.07 Å². The number of para-hydroxylation sites is 1. The van der Waals surface area contributed by atoms with E-state index in [4.69, 9.17) is 15.8 Å². The number of hydrogen-bond donors (Lipinski definition) is 3. The van der Waals surface area contributed by atoms with Gasteiger partial charge in [-0.2, -0.15) is 10.3 Å². The van der Waals surface area contributed by atoms with E-state index in [9.17, 15) is 9.18 Å². The zero-order valence-corrected chi connectivity index (χ0v) is 22.4. The molecule has 7 rings (SSSR count). The molecule has 5 heterocycles. The lowest BCUT2D eigenvalue weighted by Crippen LogP contribution is -2.33. The molecule has 0 radical (unpaired) electrons. The summed E-state index contributed by atoms with van der Waals surface area (Å²) in [4.78, 5) is 26.9. The van der Waals surface area contributed by atoms with Gasteiger partial charge in [-0.3, -0.25) is 14.5 Å². The summed E-state index contributed by atoms with van der Waals surface area (Å²) in [6, 6.07) is 18.2. The number of nitrogens with two attached hydrogens (primary N) is 1. The van der Waals surface area contributed by atoms with Crippen LogP contribution in [-0.2, 0) is 29.6 Å². The average molecular weight is 562 g/mol. The Morgan fingerprint density at radius 1 is 1.02 bits per heavy atom. The van der Waals surface area contributed by atoms with E-state index >= 15 is 0 Å². The highest BCUT2D eigenvalue weighted by molar-refractivity contribution is 6.09. The number of rotatable bonds is 7. The summed E-state index contributed by atoms with van der Waals surface area (Å²) >= 11 is 0. The van der Waals surface area contributed by atoms with Gasteiger partial charge in [0.25, 0.3) is 0 Å². The van der Waals surface area contributed by atoms with Crippen LogP contribution in [0.1, 0.15) is 35.1 Å². The maximum atomic E-state index is 14.4. The fraction of sp³-hybridized carbons (Fsp3) is 0.172. The van der Waals surface area contributed by atoms with Crippen molar-refractivity contribution >= 4 is 28.4 Å². The zero-order valence-electron chi connectivity index (χ0n) is 22.4. The van der Waals surface area contributed by atoms with Crippen molar-refractivity contribution in [3.8, 4) is 11.5 Å². The lowest BCUT2D eigenvalue weighted by molar-refractivity contribution is -0.119. The molecule has 4 aromatic heterocycles. The lowest BCUT2D eigenvalue weighted by Gasteiger charge is -2.23. The number of tetrazole rings is 1. The van der Waals surface area contributed by atoms with E-state index in [-0.39, 0.29) is 29.8 Å². The topological polar surface area (TPSA) is 166 Å². The number of fused-ring (bicyclic) bond motifs is 2. The van der Waals surface area contributed by atoms with Crippen LogP contribution in [0.4, 0.5) is 16.0 Å². The number of aromatic nitrogens is 9. The van der Waals surface area contributed by atoms with E-state index in [1.54, 1.807) is 16.9 Å². The SMILES string of the molecule is C[C@@]1(c2ccc(CCc3nn[nH]n3)cc2)C(=O)Nc2nc(-c3nn(Cc4ncccc4F)c4ccccc34)nc(N)c21. The molecule has 0 fully saturated rings. The number of hydrogen-bond acceptors (Lipinski definition) is 9. The molecule has 6 aromatic rings. The number of benzene rings is 2. The Kier molecular flexibility index (Phi) is 5.92. The number of aromatic amines is 1. The van der Waals surface area contributed by atoms with Gasteiger partial charge in [-0.1, -0.05) is 47.7 Å². The van der Waals surface area contributed by atoms with Crippen LogP contribution in [0.25, 0.3) is 22.4 Å². The molecule has 42 heavy (non-hydrogen) atoms. The Hall–Kier alpha value is -5.59. The van der Waals surface area contributed by atoms with Gasteiger partial charge in [-0.15, -0.1) is 10.2 Å². The molecule has 0 spiro atoms. The van der Waals surface area contributed by atoms with Gasteiger partial charge in [0.05, 0.1) is 23.3 Å². The Morgan fingerprint density at radius 2 is 1.86 bits per heavy atom. The number of halogens is 1. The van der Waals surface area contributed by atoms with Crippen LogP contribution >= 0.6 is 0 Å². The number of nitrogen functional groups attached to an aromatic ring is 1. The summed E-state index contributed by atoms with van der Waals surface area (Å²) in [5.74, 6) is 0.725. The molecule has 0 saturated heterocycles. The first-order chi connectivity index (χ1) is 20.4. The van der Waals surface area contributed by atoms with Crippen LogP contribution in [0, 0.1) is 5.82 Å². The summed E-state index contributed by atoms with van der Waals surface area (Å²) in [6.07, 6.45) is 2.90. The normalized spacial score (nSPS) is 16.1. The highest BCUT2D eigenvalue weighted by Crippen LogP contribution is 2.45. The van der Waals surface area contributed by atoms with E-state index in [2.05, 4.69) is 35.9 Å². The number of aryl methyl sites for hydroxylation is 2. The molecule has 2 aromatic carbocycles. The standard InChI is InChI=1S/C29H24FN11O/c1-29(17-11-8-16(9-12-17)10-13-22-36-39-40-37-22)23-25(31)33-27(34-26(23)35-28(29)42)24-18-5-2-3-7-21(18)41(38-24)15-20-19(30)6-4-14-32-20/h2-9,11-12,14H,10,13,15H2,1H3,(H,36,37,39,40)(H3,31,33,34,35,42)/t29-/m0/s1. The second kappa shape index (κ2) is 9.80. The molecule has 4 N–H and O–H groups in total. The smallest absolute Gasteiger partial charge is 0.240 e. The third-order valence-electron chi connectivity index (χ3n) is 7.68. The van der Waals surface area contributed by atoms with Gasteiger partial charge in [0.1, 0.15) is 28.6 Å². The quantitative estimate of drug-likeness (QED) is 0.265. The highest BCUT2D eigenvalue weighted by Gasteiger charge is 2.47. The summed E-state index contributed by atoms with van der Waals surface area (Å²) in [5.41, 5.74) is 9.28. The predicted molar refractivity (Wildman–Crippen MR) is 152 cm³/mol. The number of carbonyl (C=O) groups is 1. The van der Waals surface area contributed by atoms with Gasteiger partial charge >= 0.3 is 0 Å². The molecule has 0 bridgehead atoms. The van der Waals surface area contributed by atoms with Crippen molar-refractivity contribution in [2.45, 2.75) is 31.7 Å². The third-order valence-corrected chi connectivity index (χ3v) is 7.68. The first-order valence-corrected chi connectivity index (χ1v) is 13.3. The van der Waals surface area contributed by atoms with Gasteiger partial charge in [-0.25, -0.2) is 14.4 Å². The summed E-state index contributed by atoms with van der Waals surface area (Å²) in [7, 11) is 0. The van der Waals surface area contributed by atoms with Crippen LogP contribution < -0.4 is 11.1 Å². The van der Waals surface area contributed by atoms with Crippen molar-refractivity contribution < 1.29 is 9.18 Å². The van der Waals surface area contributed by atoms with Crippen LogP contribution in [0.15, 0.2) is 66.9 Å². The monoisotopic (exact) mass is 561 g/mol. The molecule has 13 heteroatoms. The predicted octanol–water partition coefficient (Wildman–Crippen LogP) is 3.21. The number of H-pyrrole nitrogens is 1. The number of carbonyl (C=O) groups excluding carboxylic acids is 1. The summed E-state index contributed by atoms with van der Waals surface area (Å²) in [5, 5.41) is 22.4. The molecule has 0 saturated carbocycles. The van der Waals surface area contributed by atoms with Crippen LogP contribution in [0.3, 0.4) is 0 Å². The van der Waals surface area contributed by atoms with E-state index in [1.807, 2.05) is 55.5 Å². The van der Waals surface area contributed by atoms with Gasteiger partial charge < -0.3 is 11.1 Å². The number of nitrogens with zero attached hydrogens (tertiary/aromatic N) is 8. The van der Waals surface area contributed by atoms with Crippen molar-refractivity contribution in [3.05, 3.63) is 101 Å². The van der Waals surface area contributed by atoms with Crippen LogP contribution in [0.5, 0.6) is 0 Å². The number of anilines is 2.